The van der Waals surface area contributed by atoms with Crippen LogP contribution in [0.3, 0.4) is 0 Å². The normalized spacial score (nSPS) is 15.2. The van der Waals surface area contributed by atoms with E-state index in [1.54, 1.807) is 0 Å². The Labute approximate surface area is 222 Å². The lowest BCUT2D eigenvalue weighted by Gasteiger charge is -2.37. The molecule has 0 spiro atoms. The first-order chi connectivity index (χ1) is 17.9. The van der Waals surface area contributed by atoms with E-state index in [0.717, 1.165) is 74.9 Å². The number of hydrogen-bond acceptors (Lipinski definition) is 6. The highest BCUT2D eigenvalue weighted by atomic mass is 16.5. The minimum Gasteiger partial charge on any atom is -0.389 e. The Hall–Kier alpha value is -2.80. The third-order valence-corrected chi connectivity index (χ3v) is 7.19. The average molecular weight is 503 g/mol. The van der Waals surface area contributed by atoms with E-state index in [1.807, 2.05) is 18.2 Å². The molecule has 1 saturated heterocycles. The Kier molecular flexibility index (Phi) is 9.67. The Balaban J connectivity index is 1.53. The summed E-state index contributed by atoms with van der Waals surface area (Å²) in [5.74, 6) is 1.82. The molecule has 1 fully saturated rings. The molecule has 2 heterocycles. The SMILES string of the molecule is CCCCOCC(O)CN1CCN(c2nc(-c3ccccc3)nc(C)c2Cc2cc(C)ccc2C)CC1. The van der Waals surface area contributed by atoms with Crippen molar-refractivity contribution in [1.29, 1.82) is 0 Å². The molecule has 3 aromatic rings. The Morgan fingerprint density at radius 2 is 1.73 bits per heavy atom. The predicted molar refractivity (Wildman–Crippen MR) is 151 cm³/mol. The molecule has 6 heteroatoms. The number of nitrogens with zero attached hydrogens (tertiary/aromatic N) is 4. The van der Waals surface area contributed by atoms with E-state index in [9.17, 15) is 5.11 Å². The first kappa shape index (κ1) is 27.2. The molecule has 0 amide bonds. The number of β-amino-alcohol motifs (C(OH)–C–C–N with tert-alkyl or cyclic N) is 1. The molecule has 0 radical (unpaired) electrons. The zero-order valence-corrected chi connectivity index (χ0v) is 22.9. The smallest absolute Gasteiger partial charge is 0.161 e. The number of aryl methyl sites for hydroxylation is 3. The molecule has 1 aromatic heterocycles. The van der Waals surface area contributed by atoms with Crippen molar-refractivity contribution in [1.82, 2.24) is 14.9 Å². The maximum atomic E-state index is 10.4. The van der Waals surface area contributed by atoms with Crippen LogP contribution in [-0.4, -0.2) is 72.0 Å². The summed E-state index contributed by atoms with van der Waals surface area (Å²) >= 11 is 0. The molecule has 1 aliphatic rings. The molecule has 2 aromatic carbocycles. The van der Waals surface area contributed by atoms with Crippen molar-refractivity contribution in [3.63, 3.8) is 0 Å². The van der Waals surface area contributed by atoms with Gasteiger partial charge in [-0.25, -0.2) is 9.97 Å². The van der Waals surface area contributed by atoms with Gasteiger partial charge in [0.2, 0.25) is 0 Å². The zero-order chi connectivity index (χ0) is 26.2. The van der Waals surface area contributed by atoms with Crippen molar-refractivity contribution in [2.75, 3.05) is 50.8 Å². The topological polar surface area (TPSA) is 61.7 Å². The van der Waals surface area contributed by atoms with Gasteiger partial charge in [0.15, 0.2) is 5.82 Å². The van der Waals surface area contributed by atoms with Gasteiger partial charge in [-0.05, 0) is 38.3 Å². The van der Waals surface area contributed by atoms with E-state index in [0.29, 0.717) is 13.2 Å². The van der Waals surface area contributed by atoms with Crippen molar-refractivity contribution in [3.05, 3.63) is 76.5 Å². The number of aliphatic hydroxyl groups is 1. The Morgan fingerprint density at radius 3 is 2.46 bits per heavy atom. The average Bonchev–Trinajstić information content (AvgIpc) is 2.90. The first-order valence-corrected chi connectivity index (χ1v) is 13.7. The van der Waals surface area contributed by atoms with E-state index in [4.69, 9.17) is 14.7 Å². The number of rotatable bonds is 11. The van der Waals surface area contributed by atoms with Crippen LogP contribution in [0.25, 0.3) is 11.4 Å². The van der Waals surface area contributed by atoms with Crippen molar-refractivity contribution in [3.8, 4) is 11.4 Å². The third-order valence-electron chi connectivity index (χ3n) is 7.19. The second-order valence-corrected chi connectivity index (χ2v) is 10.3. The molecular formula is C31H42N4O2. The van der Waals surface area contributed by atoms with Crippen LogP contribution >= 0.6 is 0 Å². The summed E-state index contributed by atoms with van der Waals surface area (Å²) in [5.41, 5.74) is 7.16. The van der Waals surface area contributed by atoms with Crippen molar-refractivity contribution in [2.45, 2.75) is 53.1 Å². The Bertz CT molecular complexity index is 1140. The molecule has 0 aliphatic carbocycles. The van der Waals surface area contributed by atoms with Gasteiger partial charge in [0.05, 0.1) is 12.7 Å². The number of aliphatic hydroxyl groups excluding tert-OH is 1. The predicted octanol–water partition coefficient (Wildman–Crippen LogP) is 4.96. The van der Waals surface area contributed by atoms with Crippen LogP contribution in [0.15, 0.2) is 48.5 Å². The van der Waals surface area contributed by atoms with E-state index < -0.39 is 6.10 Å². The fraction of sp³-hybridized carbons (Fsp3) is 0.484. The second kappa shape index (κ2) is 13.1. The summed E-state index contributed by atoms with van der Waals surface area (Å²) in [6.45, 7) is 13.9. The largest absolute Gasteiger partial charge is 0.389 e. The van der Waals surface area contributed by atoms with E-state index in [-0.39, 0.29) is 0 Å². The summed E-state index contributed by atoms with van der Waals surface area (Å²) in [5, 5.41) is 10.4. The van der Waals surface area contributed by atoms with Gasteiger partial charge in [-0.15, -0.1) is 0 Å². The number of hydrogen-bond donors (Lipinski definition) is 1. The van der Waals surface area contributed by atoms with Gasteiger partial charge >= 0.3 is 0 Å². The third kappa shape index (κ3) is 7.37. The molecule has 1 aliphatic heterocycles. The highest BCUT2D eigenvalue weighted by Crippen LogP contribution is 2.29. The first-order valence-electron chi connectivity index (χ1n) is 13.7. The lowest BCUT2D eigenvalue weighted by atomic mass is 9.97. The quantitative estimate of drug-likeness (QED) is 0.374. The standard InChI is InChI=1S/C31H42N4O2/c1-5-6-18-37-22-28(36)21-34-14-16-35(17-15-34)31-29(20-27-19-23(2)12-13-24(27)3)25(4)32-30(33-31)26-10-8-7-9-11-26/h7-13,19,28,36H,5-6,14-18,20-22H2,1-4H3. The van der Waals surface area contributed by atoms with Crippen molar-refractivity contribution >= 4 is 5.82 Å². The summed E-state index contributed by atoms with van der Waals surface area (Å²) < 4.78 is 5.62. The molecule has 6 nitrogen and oxygen atoms in total. The number of anilines is 1. The van der Waals surface area contributed by atoms with Crippen LogP contribution < -0.4 is 4.90 Å². The second-order valence-electron chi connectivity index (χ2n) is 10.3. The van der Waals surface area contributed by atoms with Crippen LogP contribution in [0.1, 0.15) is 47.7 Å². The summed E-state index contributed by atoms with van der Waals surface area (Å²) in [6.07, 6.45) is 2.52. The van der Waals surface area contributed by atoms with Crippen molar-refractivity contribution in [2.24, 2.45) is 0 Å². The zero-order valence-electron chi connectivity index (χ0n) is 22.9. The number of ether oxygens (including phenoxy) is 1. The van der Waals surface area contributed by atoms with Gasteiger partial charge in [0.1, 0.15) is 5.82 Å². The molecular weight excluding hydrogens is 460 g/mol. The lowest BCUT2D eigenvalue weighted by Crippen LogP contribution is -2.49. The fourth-order valence-electron chi connectivity index (χ4n) is 4.91. The molecule has 1 atom stereocenters. The molecule has 0 bridgehead atoms. The fourth-order valence-corrected chi connectivity index (χ4v) is 4.91. The van der Waals surface area contributed by atoms with E-state index in [1.165, 1.54) is 22.3 Å². The summed E-state index contributed by atoms with van der Waals surface area (Å²) in [6, 6.07) is 16.9. The van der Waals surface area contributed by atoms with Gasteiger partial charge < -0.3 is 14.7 Å². The Morgan fingerprint density at radius 1 is 0.973 bits per heavy atom. The molecule has 198 valence electrons. The molecule has 1 unspecified atom stereocenters. The lowest BCUT2D eigenvalue weighted by molar-refractivity contribution is 0.0150. The van der Waals surface area contributed by atoms with E-state index in [2.05, 4.69) is 67.8 Å². The van der Waals surface area contributed by atoms with Gasteiger partial charge in [-0.3, -0.25) is 4.90 Å². The van der Waals surface area contributed by atoms with Crippen LogP contribution in [0.4, 0.5) is 5.82 Å². The number of unbranched alkanes of at least 4 members (excludes halogenated alkanes) is 1. The van der Waals surface area contributed by atoms with Gasteiger partial charge in [0, 0.05) is 62.6 Å². The molecule has 0 saturated carbocycles. The summed E-state index contributed by atoms with van der Waals surface area (Å²) in [7, 11) is 0. The van der Waals surface area contributed by atoms with Gasteiger partial charge in [0.25, 0.3) is 0 Å². The van der Waals surface area contributed by atoms with Crippen molar-refractivity contribution < 1.29 is 9.84 Å². The monoisotopic (exact) mass is 502 g/mol. The summed E-state index contributed by atoms with van der Waals surface area (Å²) in [4.78, 5) is 14.8. The van der Waals surface area contributed by atoms with E-state index >= 15 is 0 Å². The molecule has 1 N–H and O–H groups in total. The van der Waals surface area contributed by atoms with Crippen LogP contribution in [0, 0.1) is 20.8 Å². The van der Waals surface area contributed by atoms with Crippen LogP contribution in [0.2, 0.25) is 0 Å². The highest BCUT2D eigenvalue weighted by Gasteiger charge is 2.24. The van der Waals surface area contributed by atoms with Gasteiger partial charge in [-0.1, -0.05) is 67.4 Å². The molecule has 4 rings (SSSR count). The minimum atomic E-state index is -0.450. The number of aromatic nitrogens is 2. The van der Waals surface area contributed by atoms with Crippen LogP contribution in [-0.2, 0) is 11.2 Å². The highest BCUT2D eigenvalue weighted by molar-refractivity contribution is 5.61. The van der Waals surface area contributed by atoms with Gasteiger partial charge in [-0.2, -0.15) is 0 Å². The minimum absolute atomic E-state index is 0.408. The maximum Gasteiger partial charge on any atom is 0.161 e. The molecule has 37 heavy (non-hydrogen) atoms. The number of piperazine rings is 1. The number of benzene rings is 2. The van der Waals surface area contributed by atoms with Crippen LogP contribution in [0.5, 0.6) is 0 Å². The maximum absolute atomic E-state index is 10.4.